The molecule has 2 nitrogen and oxygen atoms in total. The molecule has 4 rings (SSSR count). The predicted octanol–water partition coefficient (Wildman–Crippen LogP) is 4.27. The van der Waals surface area contributed by atoms with Crippen LogP contribution in [-0.4, -0.2) is 0 Å². The maximum absolute atomic E-state index is 6.38. The Morgan fingerprint density at radius 1 is 0.714 bits per heavy atom. The molecule has 102 valence electrons. The van der Waals surface area contributed by atoms with Crippen LogP contribution >= 0.6 is 0 Å². The molecule has 0 fully saturated rings. The summed E-state index contributed by atoms with van der Waals surface area (Å²) in [5, 5.41) is 1.78. The van der Waals surface area contributed by atoms with E-state index in [0.29, 0.717) is 0 Å². The van der Waals surface area contributed by atoms with Gasteiger partial charge in [0, 0.05) is 5.56 Å². The molecule has 1 aliphatic carbocycles. The van der Waals surface area contributed by atoms with Gasteiger partial charge in [0.05, 0.1) is 11.4 Å². The molecule has 0 amide bonds. The third-order valence-electron chi connectivity index (χ3n) is 4.09. The summed E-state index contributed by atoms with van der Waals surface area (Å²) in [4.78, 5) is 0. The Morgan fingerprint density at radius 3 is 2.29 bits per heavy atom. The van der Waals surface area contributed by atoms with Crippen molar-refractivity contribution in [1.29, 1.82) is 0 Å². The van der Waals surface area contributed by atoms with E-state index in [1.54, 1.807) is 5.01 Å². The maximum Gasteiger partial charge on any atom is 0.0656 e. The van der Waals surface area contributed by atoms with Crippen molar-refractivity contribution < 1.29 is 0 Å². The van der Waals surface area contributed by atoms with Gasteiger partial charge in [-0.05, 0) is 41.3 Å². The Bertz CT molecular complexity index is 794. The monoisotopic (exact) mass is 272 g/mol. The molecule has 21 heavy (non-hydrogen) atoms. The molecule has 0 heterocycles. The third-order valence-corrected chi connectivity index (χ3v) is 4.09. The average molecular weight is 272 g/mol. The van der Waals surface area contributed by atoms with Crippen LogP contribution in [0.1, 0.15) is 11.1 Å². The average Bonchev–Trinajstić information content (AvgIpc) is 2.93. The Kier molecular flexibility index (Phi) is 2.76. The first kappa shape index (κ1) is 12.2. The normalized spacial score (nSPS) is 11.9. The number of rotatable bonds is 2. The lowest BCUT2D eigenvalue weighted by Crippen LogP contribution is -2.25. The lowest BCUT2D eigenvalue weighted by molar-refractivity contribution is 1.09. The number of nitrogens with zero attached hydrogens (tertiary/aromatic N) is 1. The summed E-state index contributed by atoms with van der Waals surface area (Å²) in [6.45, 7) is 0. The van der Waals surface area contributed by atoms with Crippen molar-refractivity contribution in [3.8, 4) is 11.1 Å². The number of anilines is 2. The van der Waals surface area contributed by atoms with E-state index in [2.05, 4.69) is 42.5 Å². The minimum atomic E-state index is 0.988. The quantitative estimate of drug-likeness (QED) is 0.436. The molecule has 0 aromatic heterocycles. The molecule has 0 atom stereocenters. The largest absolute Gasteiger partial charge is 0.279 e. The van der Waals surface area contributed by atoms with Gasteiger partial charge in [0.15, 0.2) is 0 Å². The second kappa shape index (κ2) is 4.76. The highest BCUT2D eigenvalue weighted by Gasteiger charge is 2.22. The van der Waals surface area contributed by atoms with E-state index in [9.17, 15) is 0 Å². The molecule has 0 saturated heterocycles. The summed E-state index contributed by atoms with van der Waals surface area (Å²) < 4.78 is 0. The van der Waals surface area contributed by atoms with Gasteiger partial charge in [-0.15, -0.1) is 0 Å². The minimum absolute atomic E-state index is 0.988. The van der Waals surface area contributed by atoms with Crippen molar-refractivity contribution in [2.75, 3.05) is 5.01 Å². The Hall–Kier alpha value is -2.58. The topological polar surface area (TPSA) is 29.3 Å². The summed E-state index contributed by atoms with van der Waals surface area (Å²) in [5.74, 6) is 6.38. The second-order valence-corrected chi connectivity index (χ2v) is 5.35. The van der Waals surface area contributed by atoms with Gasteiger partial charge in [0.1, 0.15) is 0 Å². The molecule has 3 aromatic rings. The van der Waals surface area contributed by atoms with Gasteiger partial charge in [-0.25, -0.2) is 5.84 Å². The highest BCUT2D eigenvalue weighted by Crippen LogP contribution is 2.43. The van der Waals surface area contributed by atoms with Gasteiger partial charge in [-0.1, -0.05) is 54.6 Å². The predicted molar refractivity (Wildman–Crippen MR) is 87.5 cm³/mol. The van der Waals surface area contributed by atoms with E-state index >= 15 is 0 Å². The van der Waals surface area contributed by atoms with Crippen LogP contribution < -0.4 is 10.9 Å². The summed E-state index contributed by atoms with van der Waals surface area (Å²) >= 11 is 0. The van der Waals surface area contributed by atoms with E-state index in [-0.39, 0.29) is 0 Å². The smallest absolute Gasteiger partial charge is 0.0656 e. The van der Waals surface area contributed by atoms with E-state index in [0.717, 1.165) is 17.8 Å². The molecule has 0 aliphatic heterocycles. The summed E-state index contributed by atoms with van der Waals surface area (Å²) in [6, 6.07) is 25.0. The first-order chi connectivity index (χ1) is 10.3. The first-order valence-electron chi connectivity index (χ1n) is 7.14. The van der Waals surface area contributed by atoms with Crippen LogP contribution in [0.15, 0.2) is 72.8 Å². The van der Waals surface area contributed by atoms with E-state index in [1.807, 2.05) is 30.3 Å². The van der Waals surface area contributed by atoms with Crippen molar-refractivity contribution in [2.24, 2.45) is 5.84 Å². The molecular formula is C19H16N2. The number of hydrogen-bond donors (Lipinski definition) is 1. The van der Waals surface area contributed by atoms with Gasteiger partial charge >= 0.3 is 0 Å². The summed E-state index contributed by atoms with van der Waals surface area (Å²) in [5.41, 5.74) is 7.34. The molecule has 0 saturated carbocycles. The SMILES string of the molecule is NN(c1ccccc1)c1cccc2c1-c1ccccc1C2. The molecule has 0 unspecified atom stereocenters. The fourth-order valence-electron chi connectivity index (χ4n) is 3.10. The third kappa shape index (κ3) is 1.92. The van der Waals surface area contributed by atoms with Gasteiger partial charge in [0.25, 0.3) is 0 Å². The maximum atomic E-state index is 6.38. The van der Waals surface area contributed by atoms with Crippen LogP contribution in [0.2, 0.25) is 0 Å². The van der Waals surface area contributed by atoms with E-state index in [4.69, 9.17) is 5.84 Å². The van der Waals surface area contributed by atoms with Crippen molar-refractivity contribution >= 4 is 11.4 Å². The molecule has 0 spiro atoms. The van der Waals surface area contributed by atoms with Crippen molar-refractivity contribution in [1.82, 2.24) is 0 Å². The van der Waals surface area contributed by atoms with Gasteiger partial charge in [-0.3, -0.25) is 5.01 Å². The lowest BCUT2D eigenvalue weighted by Gasteiger charge is -2.22. The van der Waals surface area contributed by atoms with Crippen molar-refractivity contribution in [3.63, 3.8) is 0 Å². The number of benzene rings is 3. The minimum Gasteiger partial charge on any atom is -0.279 e. The highest BCUT2D eigenvalue weighted by atomic mass is 15.4. The van der Waals surface area contributed by atoms with E-state index in [1.165, 1.54) is 22.3 Å². The first-order valence-corrected chi connectivity index (χ1v) is 7.14. The zero-order valence-corrected chi connectivity index (χ0v) is 11.7. The number of hydrazine groups is 1. The molecular weight excluding hydrogens is 256 g/mol. The van der Waals surface area contributed by atoms with Crippen LogP contribution in [0.5, 0.6) is 0 Å². The van der Waals surface area contributed by atoms with Crippen molar-refractivity contribution in [3.05, 3.63) is 83.9 Å². The van der Waals surface area contributed by atoms with Gasteiger partial charge in [-0.2, -0.15) is 0 Å². The van der Waals surface area contributed by atoms with Crippen LogP contribution in [0.3, 0.4) is 0 Å². The fourth-order valence-corrected chi connectivity index (χ4v) is 3.10. The van der Waals surface area contributed by atoms with Crippen LogP contribution in [0.4, 0.5) is 11.4 Å². The highest BCUT2D eigenvalue weighted by molar-refractivity contribution is 5.89. The number of para-hydroxylation sites is 1. The number of fused-ring (bicyclic) bond motifs is 3. The van der Waals surface area contributed by atoms with E-state index < -0.39 is 0 Å². The van der Waals surface area contributed by atoms with Crippen LogP contribution in [0, 0.1) is 0 Å². The molecule has 2 heteroatoms. The molecule has 0 radical (unpaired) electrons. The molecule has 0 bridgehead atoms. The van der Waals surface area contributed by atoms with Crippen LogP contribution in [0.25, 0.3) is 11.1 Å². The van der Waals surface area contributed by atoms with Gasteiger partial charge < -0.3 is 0 Å². The van der Waals surface area contributed by atoms with Gasteiger partial charge in [0.2, 0.25) is 0 Å². The standard InChI is InChI=1S/C19H16N2/c20-21(16-9-2-1-3-10-16)18-12-6-8-15-13-14-7-4-5-11-17(14)19(15)18/h1-12H,13,20H2. The summed E-state index contributed by atoms with van der Waals surface area (Å²) in [7, 11) is 0. The van der Waals surface area contributed by atoms with Crippen molar-refractivity contribution in [2.45, 2.75) is 6.42 Å². The molecule has 2 N–H and O–H groups in total. The fraction of sp³-hybridized carbons (Fsp3) is 0.0526. The molecule has 3 aromatic carbocycles. The number of hydrogen-bond acceptors (Lipinski definition) is 2. The number of nitrogens with two attached hydrogens (primary N) is 1. The zero-order chi connectivity index (χ0) is 14.2. The zero-order valence-electron chi connectivity index (χ0n) is 11.7. The summed E-state index contributed by atoms with van der Waals surface area (Å²) in [6.07, 6.45) is 0.988. The Labute approximate surface area is 124 Å². The lowest BCUT2D eigenvalue weighted by atomic mass is 10.0. The Morgan fingerprint density at radius 2 is 1.43 bits per heavy atom. The Balaban J connectivity index is 1.89. The second-order valence-electron chi connectivity index (χ2n) is 5.35. The molecule has 1 aliphatic rings. The van der Waals surface area contributed by atoms with Crippen LogP contribution in [-0.2, 0) is 6.42 Å².